The van der Waals surface area contributed by atoms with Crippen molar-refractivity contribution in [2.45, 2.75) is 32.7 Å². The lowest BCUT2D eigenvalue weighted by molar-refractivity contribution is -0.148. The molecule has 1 amide bonds. The van der Waals surface area contributed by atoms with Crippen LogP contribution in [0.5, 0.6) is 0 Å². The van der Waals surface area contributed by atoms with Gasteiger partial charge in [-0.1, -0.05) is 18.3 Å². The van der Waals surface area contributed by atoms with E-state index in [0.29, 0.717) is 10.6 Å². The summed E-state index contributed by atoms with van der Waals surface area (Å²) < 4.78 is 9.00. The van der Waals surface area contributed by atoms with Crippen LogP contribution in [-0.2, 0) is 9.53 Å². The summed E-state index contributed by atoms with van der Waals surface area (Å²) in [6.07, 6.45) is 0. The molecule has 2 rings (SSSR count). The highest BCUT2D eigenvalue weighted by atomic mass is 32.1. The largest absolute Gasteiger partial charge is 0.481 e. The first-order chi connectivity index (χ1) is 9.36. The second kappa shape index (κ2) is 5.45. The van der Waals surface area contributed by atoms with Gasteiger partial charge >= 0.3 is 5.97 Å². The molecule has 1 fully saturated rings. The number of hydrogen-bond donors (Lipinski definition) is 2. The summed E-state index contributed by atoms with van der Waals surface area (Å²) in [7, 11) is 0. The molecule has 0 aliphatic carbocycles. The van der Waals surface area contributed by atoms with Crippen LogP contribution < -0.4 is 5.32 Å². The van der Waals surface area contributed by atoms with Crippen molar-refractivity contribution in [1.82, 2.24) is 14.9 Å². The number of aliphatic carboxylic acids is 1. The minimum Gasteiger partial charge on any atom is -0.481 e. The van der Waals surface area contributed by atoms with E-state index in [2.05, 4.69) is 14.9 Å². The van der Waals surface area contributed by atoms with Crippen LogP contribution in [0, 0.1) is 5.41 Å². The highest BCUT2D eigenvalue weighted by molar-refractivity contribution is 7.08. The van der Waals surface area contributed by atoms with Crippen LogP contribution in [0.4, 0.5) is 0 Å². The molecule has 0 radical (unpaired) electrons. The average molecular weight is 299 g/mol. The molecular weight excluding hydrogens is 282 g/mol. The number of carboxylic acids is 1. The van der Waals surface area contributed by atoms with Gasteiger partial charge in [0.15, 0.2) is 0 Å². The number of aromatic nitrogens is 2. The Morgan fingerprint density at radius 2 is 2.25 bits per heavy atom. The zero-order valence-electron chi connectivity index (χ0n) is 11.5. The third kappa shape index (κ3) is 2.53. The van der Waals surface area contributed by atoms with E-state index in [9.17, 15) is 14.7 Å². The van der Waals surface area contributed by atoms with E-state index in [1.54, 1.807) is 6.92 Å². The fraction of sp³-hybridized carbons (Fsp3) is 0.667. The molecule has 2 atom stereocenters. The third-order valence-corrected chi connectivity index (χ3v) is 4.26. The average Bonchev–Trinajstić information content (AvgIpc) is 2.97. The number of amides is 1. The molecule has 1 aliphatic heterocycles. The molecule has 110 valence electrons. The van der Waals surface area contributed by atoms with Crippen molar-refractivity contribution in [3.05, 3.63) is 10.6 Å². The Bertz CT molecular complexity index is 531. The van der Waals surface area contributed by atoms with Crippen LogP contribution in [0.15, 0.2) is 0 Å². The topological polar surface area (TPSA) is 101 Å². The molecule has 2 N–H and O–H groups in total. The number of carbonyl (C=O) groups is 2. The quantitative estimate of drug-likeness (QED) is 0.856. The summed E-state index contributed by atoms with van der Waals surface area (Å²) in [5, 5.41) is 16.0. The second-order valence-electron chi connectivity index (χ2n) is 5.41. The molecule has 0 aromatic carbocycles. The van der Waals surface area contributed by atoms with E-state index < -0.39 is 17.4 Å². The van der Waals surface area contributed by atoms with Crippen molar-refractivity contribution >= 4 is 23.4 Å². The summed E-state index contributed by atoms with van der Waals surface area (Å²) >= 11 is 1.02. The number of rotatable bonds is 4. The summed E-state index contributed by atoms with van der Waals surface area (Å²) in [5.74, 6) is -1.24. The van der Waals surface area contributed by atoms with Crippen molar-refractivity contribution in [2.24, 2.45) is 5.41 Å². The lowest BCUT2D eigenvalue weighted by Gasteiger charge is -2.25. The normalized spacial score (nSPS) is 25.9. The Kier molecular flexibility index (Phi) is 4.05. The third-order valence-electron chi connectivity index (χ3n) is 3.52. The minimum atomic E-state index is -1.11. The van der Waals surface area contributed by atoms with Crippen molar-refractivity contribution in [1.29, 1.82) is 0 Å². The Morgan fingerprint density at radius 1 is 1.55 bits per heavy atom. The van der Waals surface area contributed by atoms with Crippen LogP contribution >= 0.6 is 11.5 Å². The lowest BCUT2D eigenvalue weighted by atomic mass is 9.85. The van der Waals surface area contributed by atoms with Crippen LogP contribution in [0.3, 0.4) is 0 Å². The zero-order chi connectivity index (χ0) is 14.9. The monoisotopic (exact) mass is 299 g/mol. The molecule has 0 spiro atoms. The van der Waals surface area contributed by atoms with Crippen molar-refractivity contribution in [3.8, 4) is 0 Å². The van der Waals surface area contributed by atoms with Gasteiger partial charge < -0.3 is 15.2 Å². The number of nitrogens with one attached hydrogen (secondary N) is 1. The first-order valence-corrected chi connectivity index (χ1v) is 7.08. The summed E-state index contributed by atoms with van der Waals surface area (Å²) in [6, 6.07) is -0.561. The molecule has 1 aromatic heterocycles. The molecule has 7 nitrogen and oxygen atoms in total. The second-order valence-corrected chi connectivity index (χ2v) is 6.16. The van der Waals surface area contributed by atoms with E-state index in [1.165, 1.54) is 0 Å². The van der Waals surface area contributed by atoms with Crippen molar-refractivity contribution < 1.29 is 19.4 Å². The van der Waals surface area contributed by atoms with Gasteiger partial charge in [0.1, 0.15) is 10.3 Å². The molecule has 0 saturated carbocycles. The number of carbonyl (C=O) groups excluding carboxylic acids is 1. The van der Waals surface area contributed by atoms with Gasteiger partial charge in [0, 0.05) is 0 Å². The van der Waals surface area contributed by atoms with Crippen LogP contribution in [0.2, 0.25) is 0 Å². The Hall–Kier alpha value is -1.54. The van der Waals surface area contributed by atoms with E-state index in [1.807, 2.05) is 13.8 Å². The number of carboxylic acid groups (broad SMARTS) is 1. The van der Waals surface area contributed by atoms with E-state index in [-0.39, 0.29) is 25.0 Å². The fourth-order valence-electron chi connectivity index (χ4n) is 2.04. The maximum atomic E-state index is 12.3. The van der Waals surface area contributed by atoms with Gasteiger partial charge in [-0.3, -0.25) is 9.59 Å². The summed E-state index contributed by atoms with van der Waals surface area (Å²) in [6.45, 7) is 5.70. The summed E-state index contributed by atoms with van der Waals surface area (Å²) in [4.78, 5) is 24.0. The Labute approximate surface area is 120 Å². The molecule has 0 bridgehead atoms. The first-order valence-electron chi connectivity index (χ1n) is 6.30. The lowest BCUT2D eigenvalue weighted by Crippen LogP contribution is -2.49. The number of hydrogen-bond acceptors (Lipinski definition) is 6. The minimum absolute atomic E-state index is 0.0835. The van der Waals surface area contributed by atoms with Crippen LogP contribution in [0.1, 0.15) is 42.1 Å². The molecule has 1 aliphatic rings. The van der Waals surface area contributed by atoms with Gasteiger partial charge in [0.2, 0.25) is 0 Å². The van der Waals surface area contributed by atoms with Gasteiger partial charge in [-0.05, 0) is 24.4 Å². The Balaban J connectivity index is 2.16. The van der Waals surface area contributed by atoms with Gasteiger partial charge in [-0.25, -0.2) is 0 Å². The van der Waals surface area contributed by atoms with Crippen LogP contribution in [-0.4, -0.2) is 45.8 Å². The van der Waals surface area contributed by atoms with E-state index in [4.69, 9.17) is 4.74 Å². The van der Waals surface area contributed by atoms with Gasteiger partial charge in [-0.15, -0.1) is 5.10 Å². The molecule has 2 heterocycles. The molecule has 20 heavy (non-hydrogen) atoms. The molecular formula is C12H17N3O4S. The highest BCUT2D eigenvalue weighted by Gasteiger charge is 2.47. The van der Waals surface area contributed by atoms with Crippen LogP contribution in [0.25, 0.3) is 0 Å². The highest BCUT2D eigenvalue weighted by Crippen LogP contribution is 2.29. The standard InChI is InChI=1S/C12H17N3O4S/c1-6(2)8-9(20-15-14-8)10(16)13-7-4-19-5-12(7,3)11(17)18/h6-7H,4-5H2,1-3H3,(H,13,16)(H,17,18). The van der Waals surface area contributed by atoms with Gasteiger partial charge in [0.25, 0.3) is 5.91 Å². The van der Waals surface area contributed by atoms with Crippen molar-refractivity contribution in [2.75, 3.05) is 13.2 Å². The smallest absolute Gasteiger partial charge is 0.313 e. The Morgan fingerprint density at radius 3 is 2.85 bits per heavy atom. The predicted octanol–water partition coefficient (Wildman–Crippen LogP) is 0.881. The van der Waals surface area contributed by atoms with Gasteiger partial charge in [-0.2, -0.15) is 0 Å². The zero-order valence-corrected chi connectivity index (χ0v) is 12.4. The molecule has 2 unspecified atom stereocenters. The molecule has 8 heteroatoms. The maximum Gasteiger partial charge on any atom is 0.313 e. The van der Waals surface area contributed by atoms with Crippen molar-refractivity contribution in [3.63, 3.8) is 0 Å². The van der Waals surface area contributed by atoms with E-state index in [0.717, 1.165) is 11.5 Å². The molecule has 1 saturated heterocycles. The predicted molar refractivity (Wildman–Crippen MR) is 71.8 cm³/mol. The number of nitrogens with zero attached hydrogens (tertiary/aromatic N) is 2. The SMILES string of the molecule is CC(C)c1nnsc1C(=O)NC1COCC1(C)C(=O)O. The van der Waals surface area contributed by atoms with Gasteiger partial charge in [0.05, 0.1) is 24.9 Å². The van der Waals surface area contributed by atoms with E-state index >= 15 is 0 Å². The maximum absolute atomic E-state index is 12.3. The number of ether oxygens (including phenoxy) is 1. The molecule has 1 aromatic rings. The fourth-order valence-corrected chi connectivity index (χ4v) is 2.76. The summed E-state index contributed by atoms with van der Waals surface area (Å²) in [5.41, 5.74) is -0.477. The first kappa shape index (κ1) is 14.9.